The molecule has 39 heavy (non-hydrogen) atoms. The summed E-state index contributed by atoms with van der Waals surface area (Å²) < 4.78 is 5.73. The van der Waals surface area contributed by atoms with Crippen molar-refractivity contribution in [2.24, 2.45) is 0 Å². The minimum Gasteiger partial charge on any atom is -0.449 e. The number of alkyl carbamates (subject to hydrolysis) is 1. The molecule has 0 heterocycles. The Morgan fingerprint density at radius 1 is 0.949 bits per heavy atom. The number of carbonyl (C=O) groups excluding carboxylic acids is 1. The lowest BCUT2D eigenvalue weighted by atomic mass is 9.98. The zero-order chi connectivity index (χ0) is 27.4. The summed E-state index contributed by atoms with van der Waals surface area (Å²) in [5.41, 5.74) is 12.0. The second kappa shape index (κ2) is 11.3. The second-order valence-corrected chi connectivity index (χ2v) is 9.67. The van der Waals surface area contributed by atoms with Crippen LogP contribution in [0, 0.1) is 10.1 Å². The predicted molar refractivity (Wildman–Crippen MR) is 156 cm³/mol. The Kier molecular flexibility index (Phi) is 7.51. The van der Waals surface area contributed by atoms with Gasteiger partial charge in [-0.05, 0) is 40.3 Å². The average Bonchev–Trinajstić information content (AvgIpc) is 3.27. The summed E-state index contributed by atoms with van der Waals surface area (Å²) in [7, 11) is 0. The van der Waals surface area contributed by atoms with E-state index in [4.69, 9.17) is 22.7 Å². The van der Waals surface area contributed by atoms with Gasteiger partial charge in [-0.1, -0.05) is 91.1 Å². The number of fused-ring (bicyclic) bond motifs is 3. The lowest BCUT2D eigenvalue weighted by Gasteiger charge is -2.22. The topological polar surface area (TPSA) is 120 Å². The van der Waals surface area contributed by atoms with E-state index >= 15 is 0 Å². The van der Waals surface area contributed by atoms with Crippen molar-refractivity contribution < 1.29 is 14.5 Å². The van der Waals surface area contributed by atoms with Crippen LogP contribution >= 0.6 is 12.2 Å². The first-order valence-corrected chi connectivity index (χ1v) is 12.8. The van der Waals surface area contributed by atoms with Gasteiger partial charge in [0, 0.05) is 18.1 Å². The maximum absolute atomic E-state index is 13.1. The molecule has 0 spiro atoms. The molecule has 196 valence electrons. The fourth-order valence-electron chi connectivity index (χ4n) is 4.83. The number of nitro benzene ring substituents is 1. The SMILES string of the molecule is Nc1ccc([N+](=O)[O-])cc1NC(=S)[C@@H](Cc1ccccc1)NC(=O)OCC1c2ccccc2-c2ccccc21. The summed E-state index contributed by atoms with van der Waals surface area (Å²) in [5, 5.41) is 17.1. The number of hydrogen-bond donors (Lipinski definition) is 3. The Morgan fingerprint density at radius 3 is 2.21 bits per heavy atom. The third-order valence-electron chi connectivity index (χ3n) is 6.74. The van der Waals surface area contributed by atoms with Crippen LogP contribution < -0.4 is 16.4 Å². The van der Waals surface area contributed by atoms with Crippen molar-refractivity contribution in [1.82, 2.24) is 5.32 Å². The first-order chi connectivity index (χ1) is 18.9. The summed E-state index contributed by atoms with van der Waals surface area (Å²) in [5.74, 6) is -0.0783. The van der Waals surface area contributed by atoms with Crippen LogP contribution in [0.15, 0.2) is 97.1 Å². The molecule has 1 amide bonds. The van der Waals surface area contributed by atoms with E-state index in [1.54, 1.807) is 0 Å². The third-order valence-corrected chi connectivity index (χ3v) is 7.13. The molecular weight excluding hydrogens is 512 g/mol. The van der Waals surface area contributed by atoms with Crippen molar-refractivity contribution >= 4 is 40.4 Å². The van der Waals surface area contributed by atoms with E-state index in [2.05, 4.69) is 34.9 Å². The summed E-state index contributed by atoms with van der Waals surface area (Å²) in [6.45, 7) is 0.163. The fourth-order valence-corrected chi connectivity index (χ4v) is 5.08. The van der Waals surface area contributed by atoms with E-state index < -0.39 is 17.1 Å². The van der Waals surface area contributed by atoms with Crippen molar-refractivity contribution in [3.8, 4) is 11.1 Å². The summed E-state index contributed by atoms with van der Waals surface area (Å²) in [6.07, 6.45) is -0.236. The number of hydrogen-bond acceptors (Lipinski definition) is 6. The van der Waals surface area contributed by atoms with Gasteiger partial charge in [-0.3, -0.25) is 10.1 Å². The molecular formula is C30H26N4O4S. The molecule has 1 aliphatic carbocycles. The lowest BCUT2D eigenvalue weighted by Crippen LogP contribution is -2.45. The number of nitro groups is 1. The fraction of sp³-hybridized carbons (Fsp3) is 0.133. The normalized spacial score (nSPS) is 12.6. The standard InChI is InChI=1S/C30H26N4O4S/c31-26-15-14-20(34(36)37)17-27(26)32-29(39)28(16-19-8-2-1-3-9-19)33-30(35)38-18-25-23-12-6-4-10-21(23)22-11-5-7-13-24(22)25/h1-15,17,25,28H,16,18,31H2,(H,32,39)(H,33,35)/t28-/m1/s1. The van der Waals surface area contributed by atoms with Crippen LogP contribution in [0.4, 0.5) is 21.9 Å². The molecule has 1 atom stereocenters. The van der Waals surface area contributed by atoms with Crippen LogP contribution in [0.5, 0.6) is 0 Å². The Morgan fingerprint density at radius 2 is 1.56 bits per heavy atom. The molecule has 4 aromatic carbocycles. The highest BCUT2D eigenvalue weighted by Gasteiger charge is 2.29. The number of amides is 1. The summed E-state index contributed by atoms with van der Waals surface area (Å²) in [4.78, 5) is 24.0. The van der Waals surface area contributed by atoms with Crippen molar-refractivity contribution in [2.45, 2.75) is 18.4 Å². The van der Waals surface area contributed by atoms with Crippen LogP contribution in [-0.2, 0) is 11.2 Å². The molecule has 0 aromatic heterocycles. The van der Waals surface area contributed by atoms with Gasteiger partial charge in [-0.25, -0.2) is 4.79 Å². The Labute approximate surface area is 231 Å². The Balaban J connectivity index is 1.32. The highest BCUT2D eigenvalue weighted by Crippen LogP contribution is 2.44. The smallest absolute Gasteiger partial charge is 0.407 e. The van der Waals surface area contributed by atoms with Gasteiger partial charge in [-0.2, -0.15) is 0 Å². The van der Waals surface area contributed by atoms with E-state index in [-0.39, 0.29) is 23.2 Å². The van der Waals surface area contributed by atoms with Gasteiger partial charge in [0.15, 0.2) is 0 Å². The second-order valence-electron chi connectivity index (χ2n) is 9.23. The van der Waals surface area contributed by atoms with Crippen LogP contribution in [0.1, 0.15) is 22.6 Å². The molecule has 0 saturated heterocycles. The molecule has 4 N–H and O–H groups in total. The maximum atomic E-state index is 13.1. The van der Waals surface area contributed by atoms with E-state index in [0.29, 0.717) is 17.8 Å². The average molecular weight is 539 g/mol. The number of ether oxygens (including phenoxy) is 1. The number of thiocarbonyl (C=S) groups is 1. The van der Waals surface area contributed by atoms with Gasteiger partial charge in [0.05, 0.1) is 22.3 Å². The lowest BCUT2D eigenvalue weighted by molar-refractivity contribution is -0.384. The quantitative estimate of drug-likeness (QED) is 0.108. The number of nitrogens with two attached hydrogens (primary N) is 1. The molecule has 1 aliphatic rings. The molecule has 4 aromatic rings. The molecule has 5 rings (SSSR count). The van der Waals surface area contributed by atoms with Crippen LogP contribution in [-0.4, -0.2) is 28.7 Å². The van der Waals surface area contributed by atoms with Crippen molar-refractivity contribution in [2.75, 3.05) is 17.7 Å². The molecule has 0 radical (unpaired) electrons. The molecule has 0 fully saturated rings. The first-order valence-electron chi connectivity index (χ1n) is 12.4. The van der Waals surface area contributed by atoms with Gasteiger partial charge in [0.1, 0.15) is 11.6 Å². The van der Waals surface area contributed by atoms with E-state index in [9.17, 15) is 14.9 Å². The maximum Gasteiger partial charge on any atom is 0.407 e. The van der Waals surface area contributed by atoms with Crippen molar-refractivity contribution in [3.05, 3.63) is 124 Å². The highest BCUT2D eigenvalue weighted by atomic mass is 32.1. The van der Waals surface area contributed by atoms with Crippen molar-refractivity contribution in [3.63, 3.8) is 0 Å². The first kappa shape index (κ1) is 25.9. The van der Waals surface area contributed by atoms with Gasteiger partial charge in [-0.15, -0.1) is 0 Å². The van der Waals surface area contributed by atoms with Gasteiger partial charge in [0.25, 0.3) is 5.69 Å². The molecule has 9 heteroatoms. The molecule has 0 bridgehead atoms. The predicted octanol–water partition coefficient (Wildman–Crippen LogP) is 6.07. The summed E-state index contributed by atoms with van der Waals surface area (Å²) in [6, 6.07) is 29.2. The highest BCUT2D eigenvalue weighted by molar-refractivity contribution is 7.80. The largest absolute Gasteiger partial charge is 0.449 e. The molecule has 0 aliphatic heterocycles. The zero-order valence-electron chi connectivity index (χ0n) is 20.9. The third kappa shape index (κ3) is 5.73. The number of nitrogens with one attached hydrogen (secondary N) is 2. The number of nitrogen functional groups attached to an aromatic ring is 1. The zero-order valence-corrected chi connectivity index (χ0v) is 21.7. The van der Waals surface area contributed by atoms with Crippen LogP contribution in [0.3, 0.4) is 0 Å². The monoisotopic (exact) mass is 538 g/mol. The number of carbonyl (C=O) groups is 1. The number of nitrogens with zero attached hydrogens (tertiary/aromatic N) is 1. The van der Waals surface area contributed by atoms with Gasteiger partial charge < -0.3 is 21.1 Å². The molecule has 0 unspecified atom stereocenters. The molecule has 8 nitrogen and oxygen atoms in total. The number of anilines is 2. The van der Waals surface area contributed by atoms with Crippen LogP contribution in [0.2, 0.25) is 0 Å². The number of non-ortho nitro benzene ring substituents is 1. The van der Waals surface area contributed by atoms with E-state index in [0.717, 1.165) is 27.8 Å². The van der Waals surface area contributed by atoms with Gasteiger partial charge >= 0.3 is 6.09 Å². The van der Waals surface area contributed by atoms with Crippen molar-refractivity contribution in [1.29, 1.82) is 0 Å². The Bertz CT molecular complexity index is 1500. The minimum absolute atomic E-state index is 0.0783. The Hall–Kier alpha value is -4.76. The number of benzene rings is 4. The molecule has 0 saturated carbocycles. The van der Waals surface area contributed by atoms with Gasteiger partial charge in [0.2, 0.25) is 0 Å². The minimum atomic E-state index is -0.656. The van der Waals surface area contributed by atoms with E-state index in [1.165, 1.54) is 18.2 Å². The van der Waals surface area contributed by atoms with E-state index in [1.807, 2.05) is 54.6 Å². The number of rotatable bonds is 8. The van der Waals surface area contributed by atoms with Crippen LogP contribution in [0.25, 0.3) is 11.1 Å². The summed E-state index contributed by atoms with van der Waals surface area (Å²) >= 11 is 5.63.